The highest BCUT2D eigenvalue weighted by Crippen LogP contribution is 2.48. The summed E-state index contributed by atoms with van der Waals surface area (Å²) in [6.07, 6.45) is 0. The second-order valence-corrected chi connectivity index (χ2v) is 5.96. The van der Waals surface area contributed by atoms with Crippen molar-refractivity contribution in [3.05, 3.63) is 58.5 Å². The lowest BCUT2D eigenvalue weighted by Gasteiger charge is -2.23. The lowest BCUT2D eigenvalue weighted by molar-refractivity contribution is -0.0906. The number of methoxy groups -OCH3 is 1. The first kappa shape index (κ1) is 14.0. The van der Waals surface area contributed by atoms with E-state index >= 15 is 0 Å². The maximum Gasteiger partial charge on any atom is 0.336 e. The van der Waals surface area contributed by atoms with Gasteiger partial charge in [-0.3, -0.25) is 0 Å². The predicted molar refractivity (Wildman–Crippen MR) is 89.8 cm³/mol. The maximum absolute atomic E-state index is 11.8. The molecule has 0 radical (unpaired) electrons. The fourth-order valence-electron chi connectivity index (χ4n) is 3.17. The standard InChI is InChI=1S/C19H16O4/c1-10-9-16(20)22-17-12(10)5-7-15-14(17)8-6-13-11(2)19(3,21-4)23-18(13)15/h5-9H,2H2,1,3-4H3. The quantitative estimate of drug-likeness (QED) is 0.503. The van der Waals surface area contributed by atoms with Gasteiger partial charge in [0, 0.05) is 47.4 Å². The first-order valence-electron chi connectivity index (χ1n) is 7.39. The third-order valence-electron chi connectivity index (χ3n) is 4.62. The number of rotatable bonds is 1. The Kier molecular flexibility index (Phi) is 2.72. The summed E-state index contributed by atoms with van der Waals surface area (Å²) in [5, 5.41) is 2.64. The first-order chi connectivity index (χ1) is 10.9. The van der Waals surface area contributed by atoms with E-state index in [2.05, 4.69) is 6.58 Å². The van der Waals surface area contributed by atoms with E-state index in [1.54, 1.807) is 7.11 Å². The average molecular weight is 308 g/mol. The molecule has 0 N–H and O–H groups in total. The van der Waals surface area contributed by atoms with Gasteiger partial charge in [0.15, 0.2) is 0 Å². The van der Waals surface area contributed by atoms with Crippen LogP contribution in [0, 0.1) is 6.92 Å². The van der Waals surface area contributed by atoms with Crippen molar-refractivity contribution in [2.45, 2.75) is 19.6 Å². The van der Waals surface area contributed by atoms with Gasteiger partial charge in [0.25, 0.3) is 0 Å². The predicted octanol–water partition coefficient (Wildman–Crippen LogP) is 4.02. The van der Waals surface area contributed by atoms with Crippen LogP contribution < -0.4 is 10.4 Å². The summed E-state index contributed by atoms with van der Waals surface area (Å²) in [6.45, 7) is 7.83. The molecule has 1 aliphatic rings. The Morgan fingerprint density at radius 3 is 2.57 bits per heavy atom. The van der Waals surface area contributed by atoms with E-state index in [9.17, 15) is 4.79 Å². The maximum atomic E-state index is 11.8. The summed E-state index contributed by atoms with van der Waals surface area (Å²) in [4.78, 5) is 11.8. The van der Waals surface area contributed by atoms with Gasteiger partial charge in [0.05, 0.1) is 0 Å². The topological polar surface area (TPSA) is 48.7 Å². The molecule has 4 heteroatoms. The Hall–Kier alpha value is -2.59. The molecule has 1 aromatic heterocycles. The molecule has 2 heterocycles. The number of ether oxygens (including phenoxy) is 2. The van der Waals surface area contributed by atoms with Gasteiger partial charge in [-0.1, -0.05) is 12.6 Å². The zero-order valence-electron chi connectivity index (χ0n) is 13.2. The molecule has 23 heavy (non-hydrogen) atoms. The molecule has 0 fully saturated rings. The summed E-state index contributed by atoms with van der Waals surface area (Å²) < 4.78 is 17.0. The van der Waals surface area contributed by atoms with Crippen molar-refractivity contribution < 1.29 is 13.9 Å². The van der Waals surface area contributed by atoms with Crippen LogP contribution in [0.2, 0.25) is 0 Å². The van der Waals surface area contributed by atoms with Gasteiger partial charge < -0.3 is 13.9 Å². The van der Waals surface area contributed by atoms with Gasteiger partial charge in [-0.05, 0) is 30.7 Å². The van der Waals surface area contributed by atoms with Crippen molar-refractivity contribution in [2.24, 2.45) is 0 Å². The molecule has 0 saturated heterocycles. The van der Waals surface area contributed by atoms with E-state index in [0.717, 1.165) is 32.9 Å². The van der Waals surface area contributed by atoms with E-state index in [4.69, 9.17) is 13.9 Å². The largest absolute Gasteiger partial charge is 0.457 e. The highest BCUT2D eigenvalue weighted by Gasteiger charge is 2.40. The molecule has 1 unspecified atom stereocenters. The van der Waals surface area contributed by atoms with Crippen molar-refractivity contribution >= 4 is 27.3 Å². The van der Waals surface area contributed by atoms with Crippen LogP contribution in [0.5, 0.6) is 5.75 Å². The minimum absolute atomic E-state index is 0.352. The van der Waals surface area contributed by atoms with Gasteiger partial charge in [0.2, 0.25) is 5.79 Å². The van der Waals surface area contributed by atoms with E-state index in [-0.39, 0.29) is 5.63 Å². The van der Waals surface area contributed by atoms with Crippen molar-refractivity contribution in [2.75, 3.05) is 7.11 Å². The van der Waals surface area contributed by atoms with E-state index in [0.29, 0.717) is 11.3 Å². The van der Waals surface area contributed by atoms with Crippen LogP contribution in [-0.2, 0) is 4.74 Å². The minimum Gasteiger partial charge on any atom is -0.457 e. The molecule has 2 aromatic carbocycles. The van der Waals surface area contributed by atoms with Crippen LogP contribution in [0.25, 0.3) is 27.3 Å². The molecule has 0 amide bonds. The van der Waals surface area contributed by atoms with Crippen molar-refractivity contribution in [3.8, 4) is 5.75 Å². The summed E-state index contributed by atoms with van der Waals surface area (Å²) in [5.74, 6) is -0.165. The van der Waals surface area contributed by atoms with Crippen LogP contribution in [0.15, 0.2) is 46.1 Å². The van der Waals surface area contributed by atoms with E-state index in [1.807, 2.05) is 38.1 Å². The van der Waals surface area contributed by atoms with Crippen LogP contribution in [0.3, 0.4) is 0 Å². The minimum atomic E-state index is -0.876. The third kappa shape index (κ3) is 1.79. The van der Waals surface area contributed by atoms with Gasteiger partial charge in [-0.25, -0.2) is 4.79 Å². The smallest absolute Gasteiger partial charge is 0.336 e. The van der Waals surface area contributed by atoms with Crippen molar-refractivity contribution in [1.82, 2.24) is 0 Å². The van der Waals surface area contributed by atoms with E-state index < -0.39 is 5.79 Å². The molecule has 3 aromatic rings. The molecular formula is C19H16O4. The number of hydrogen-bond donors (Lipinski definition) is 0. The Morgan fingerprint density at radius 2 is 1.83 bits per heavy atom. The number of fused-ring (bicyclic) bond motifs is 5. The molecule has 0 aliphatic carbocycles. The number of hydrogen-bond acceptors (Lipinski definition) is 4. The normalized spacial score (nSPS) is 20.0. The van der Waals surface area contributed by atoms with Gasteiger partial charge in [-0.15, -0.1) is 0 Å². The van der Waals surface area contributed by atoms with Gasteiger partial charge in [0.1, 0.15) is 11.3 Å². The summed E-state index contributed by atoms with van der Waals surface area (Å²) >= 11 is 0. The molecule has 4 rings (SSSR count). The lowest BCUT2D eigenvalue weighted by Crippen LogP contribution is -2.30. The Balaban J connectivity index is 2.11. The second kappa shape index (κ2) is 4.46. The summed E-state index contributed by atoms with van der Waals surface area (Å²) in [6, 6.07) is 9.31. The van der Waals surface area contributed by atoms with Gasteiger partial charge >= 0.3 is 5.63 Å². The van der Waals surface area contributed by atoms with Crippen LogP contribution >= 0.6 is 0 Å². The molecular weight excluding hydrogens is 292 g/mol. The zero-order chi connectivity index (χ0) is 16.4. The molecule has 1 aliphatic heterocycles. The molecule has 0 saturated carbocycles. The SMILES string of the molecule is C=C1c2ccc3c(ccc4c(C)cc(=O)oc43)c2OC1(C)OC. The van der Waals surface area contributed by atoms with Crippen molar-refractivity contribution in [3.63, 3.8) is 0 Å². The number of aryl methyl sites for hydroxylation is 1. The fraction of sp³-hybridized carbons (Fsp3) is 0.211. The lowest BCUT2D eigenvalue weighted by atomic mass is 9.97. The molecule has 1 atom stereocenters. The first-order valence-corrected chi connectivity index (χ1v) is 7.39. The molecule has 4 nitrogen and oxygen atoms in total. The highest BCUT2D eigenvalue weighted by molar-refractivity contribution is 6.09. The molecule has 116 valence electrons. The molecule has 0 bridgehead atoms. The van der Waals surface area contributed by atoms with Crippen LogP contribution in [0.1, 0.15) is 18.1 Å². The van der Waals surface area contributed by atoms with Crippen LogP contribution in [-0.4, -0.2) is 12.9 Å². The average Bonchev–Trinajstić information content (AvgIpc) is 2.79. The fourth-order valence-corrected chi connectivity index (χ4v) is 3.17. The third-order valence-corrected chi connectivity index (χ3v) is 4.62. The Labute approximate surface area is 132 Å². The zero-order valence-corrected chi connectivity index (χ0v) is 13.2. The van der Waals surface area contributed by atoms with Gasteiger partial charge in [-0.2, -0.15) is 0 Å². The summed E-state index contributed by atoms with van der Waals surface area (Å²) in [7, 11) is 1.59. The second-order valence-electron chi connectivity index (χ2n) is 5.96. The Bertz CT molecular complexity index is 1040. The molecule has 0 spiro atoms. The van der Waals surface area contributed by atoms with E-state index in [1.165, 1.54) is 6.07 Å². The number of benzene rings is 2. The Morgan fingerprint density at radius 1 is 1.13 bits per heavy atom. The van der Waals surface area contributed by atoms with Crippen molar-refractivity contribution in [1.29, 1.82) is 0 Å². The summed E-state index contributed by atoms with van der Waals surface area (Å²) in [5.41, 5.74) is 2.81. The monoisotopic (exact) mass is 308 g/mol. The van der Waals surface area contributed by atoms with Crippen LogP contribution in [0.4, 0.5) is 0 Å². The highest BCUT2D eigenvalue weighted by atomic mass is 16.7.